The number of halogens is 1. The van der Waals surface area contributed by atoms with Gasteiger partial charge in [-0.05, 0) is 37.0 Å². The predicted octanol–water partition coefficient (Wildman–Crippen LogP) is 3.28. The van der Waals surface area contributed by atoms with Crippen molar-refractivity contribution in [1.82, 2.24) is 10.2 Å². The molecule has 1 unspecified atom stereocenters. The fourth-order valence-electron chi connectivity index (χ4n) is 1.78. The van der Waals surface area contributed by atoms with Gasteiger partial charge in [-0.25, -0.2) is 4.79 Å². The van der Waals surface area contributed by atoms with Crippen LogP contribution in [0, 0.1) is 5.92 Å². The van der Waals surface area contributed by atoms with E-state index in [-0.39, 0.29) is 18.7 Å². The van der Waals surface area contributed by atoms with E-state index < -0.39 is 0 Å². The molecule has 0 heterocycles. The van der Waals surface area contributed by atoms with Crippen LogP contribution >= 0.6 is 11.6 Å². The van der Waals surface area contributed by atoms with Crippen LogP contribution in [0.4, 0.5) is 4.79 Å². The second-order valence-corrected chi connectivity index (χ2v) is 6.04. The zero-order valence-corrected chi connectivity index (χ0v) is 13.7. The predicted molar refractivity (Wildman–Crippen MR) is 86.4 cm³/mol. The maximum absolute atomic E-state index is 12.3. The lowest BCUT2D eigenvalue weighted by Crippen LogP contribution is -2.45. The molecule has 118 valence electrons. The molecule has 2 amide bonds. The zero-order chi connectivity index (χ0) is 15.8. The van der Waals surface area contributed by atoms with Crippen molar-refractivity contribution in [3.8, 4) is 0 Å². The molecule has 4 nitrogen and oxygen atoms in total. The first-order valence-corrected chi connectivity index (χ1v) is 7.72. The summed E-state index contributed by atoms with van der Waals surface area (Å²) in [5, 5.41) is 12.7. The van der Waals surface area contributed by atoms with E-state index in [0.717, 1.165) is 5.56 Å². The Morgan fingerprint density at radius 3 is 2.43 bits per heavy atom. The smallest absolute Gasteiger partial charge is 0.317 e. The number of aliphatic hydroxyl groups is 1. The number of carbonyl (C=O) groups excluding carboxylic acids is 1. The van der Waals surface area contributed by atoms with Gasteiger partial charge in [0.1, 0.15) is 0 Å². The van der Waals surface area contributed by atoms with E-state index in [2.05, 4.69) is 19.2 Å². The average molecular weight is 313 g/mol. The van der Waals surface area contributed by atoms with Crippen LogP contribution in [0.15, 0.2) is 24.3 Å². The monoisotopic (exact) mass is 312 g/mol. The normalized spacial score (nSPS) is 12.3. The maximum Gasteiger partial charge on any atom is 0.317 e. The van der Waals surface area contributed by atoms with Gasteiger partial charge in [-0.2, -0.15) is 0 Å². The number of amides is 2. The number of hydrogen-bond acceptors (Lipinski definition) is 2. The Kier molecular flexibility index (Phi) is 7.54. The molecular formula is C16H25ClN2O2. The minimum Gasteiger partial charge on any atom is -0.396 e. The minimum atomic E-state index is -0.0976. The van der Waals surface area contributed by atoms with Gasteiger partial charge in [-0.3, -0.25) is 0 Å². The van der Waals surface area contributed by atoms with Crippen LogP contribution in [0.5, 0.6) is 0 Å². The average Bonchev–Trinajstić information content (AvgIpc) is 2.45. The van der Waals surface area contributed by atoms with Gasteiger partial charge in [0.2, 0.25) is 0 Å². The van der Waals surface area contributed by atoms with Crippen molar-refractivity contribution >= 4 is 17.6 Å². The first-order valence-electron chi connectivity index (χ1n) is 7.34. The molecule has 0 aliphatic rings. The highest BCUT2D eigenvalue weighted by Gasteiger charge is 2.17. The summed E-state index contributed by atoms with van der Waals surface area (Å²) in [4.78, 5) is 14.1. The Morgan fingerprint density at radius 1 is 1.29 bits per heavy atom. The Labute approximate surface area is 132 Å². The number of hydrogen-bond donors (Lipinski definition) is 2. The second-order valence-electron chi connectivity index (χ2n) is 5.61. The van der Waals surface area contributed by atoms with Crippen molar-refractivity contribution in [1.29, 1.82) is 0 Å². The number of nitrogens with one attached hydrogen (secondary N) is 1. The third kappa shape index (κ3) is 6.36. The van der Waals surface area contributed by atoms with Gasteiger partial charge in [0, 0.05) is 30.8 Å². The van der Waals surface area contributed by atoms with Crippen molar-refractivity contribution in [2.24, 2.45) is 5.92 Å². The molecule has 5 heteroatoms. The minimum absolute atomic E-state index is 0.0735. The molecule has 1 rings (SSSR count). The molecule has 0 aromatic heterocycles. The van der Waals surface area contributed by atoms with Crippen LogP contribution in [-0.4, -0.2) is 35.2 Å². The number of benzene rings is 1. The zero-order valence-electron chi connectivity index (χ0n) is 13.0. The number of carbonyl (C=O) groups is 1. The van der Waals surface area contributed by atoms with E-state index in [1.54, 1.807) is 4.90 Å². The lowest BCUT2D eigenvalue weighted by atomic mass is 10.1. The SMILES string of the molecule is CC(C)C(C)NC(=O)N(CCCO)Cc1ccc(Cl)cc1. The van der Waals surface area contributed by atoms with Gasteiger partial charge < -0.3 is 15.3 Å². The van der Waals surface area contributed by atoms with Gasteiger partial charge in [-0.1, -0.05) is 37.6 Å². The molecule has 0 bridgehead atoms. The summed E-state index contributed by atoms with van der Waals surface area (Å²) in [6.45, 7) is 7.24. The molecule has 21 heavy (non-hydrogen) atoms. The molecule has 0 spiro atoms. The van der Waals surface area contributed by atoms with Gasteiger partial charge >= 0.3 is 6.03 Å². The maximum atomic E-state index is 12.3. The number of urea groups is 1. The Morgan fingerprint density at radius 2 is 1.90 bits per heavy atom. The van der Waals surface area contributed by atoms with Crippen LogP contribution in [0.25, 0.3) is 0 Å². The molecule has 0 aliphatic carbocycles. The van der Waals surface area contributed by atoms with Gasteiger partial charge in [0.15, 0.2) is 0 Å². The van der Waals surface area contributed by atoms with Crippen LogP contribution < -0.4 is 5.32 Å². The third-order valence-electron chi connectivity index (χ3n) is 3.51. The Bertz CT molecular complexity index is 434. The number of nitrogens with zero attached hydrogens (tertiary/aromatic N) is 1. The second kappa shape index (κ2) is 8.90. The lowest BCUT2D eigenvalue weighted by molar-refractivity contribution is 0.181. The fourth-order valence-corrected chi connectivity index (χ4v) is 1.90. The van der Waals surface area contributed by atoms with E-state index in [4.69, 9.17) is 16.7 Å². The van der Waals surface area contributed by atoms with Gasteiger partial charge in [0.25, 0.3) is 0 Å². The highest BCUT2D eigenvalue weighted by Crippen LogP contribution is 2.12. The van der Waals surface area contributed by atoms with Crippen LogP contribution in [0.1, 0.15) is 32.8 Å². The molecule has 0 radical (unpaired) electrons. The quantitative estimate of drug-likeness (QED) is 0.812. The molecular weight excluding hydrogens is 288 g/mol. The topological polar surface area (TPSA) is 52.6 Å². The van der Waals surface area contributed by atoms with Crippen molar-refractivity contribution in [3.63, 3.8) is 0 Å². The highest BCUT2D eigenvalue weighted by molar-refractivity contribution is 6.30. The fraction of sp³-hybridized carbons (Fsp3) is 0.562. The van der Waals surface area contributed by atoms with E-state index in [1.807, 2.05) is 31.2 Å². The summed E-state index contributed by atoms with van der Waals surface area (Å²) in [6.07, 6.45) is 0.567. The van der Waals surface area contributed by atoms with Crippen LogP contribution in [-0.2, 0) is 6.54 Å². The summed E-state index contributed by atoms with van der Waals surface area (Å²) < 4.78 is 0. The third-order valence-corrected chi connectivity index (χ3v) is 3.76. The van der Waals surface area contributed by atoms with Crippen molar-refractivity contribution in [2.75, 3.05) is 13.2 Å². The largest absolute Gasteiger partial charge is 0.396 e. The summed E-state index contributed by atoms with van der Waals surface area (Å²) in [7, 11) is 0. The van der Waals surface area contributed by atoms with E-state index in [0.29, 0.717) is 30.5 Å². The molecule has 2 N–H and O–H groups in total. The standard InChI is InChI=1S/C16H25ClN2O2/c1-12(2)13(3)18-16(21)19(9-4-10-20)11-14-5-7-15(17)8-6-14/h5-8,12-13,20H,4,9-11H2,1-3H3,(H,18,21). The van der Waals surface area contributed by atoms with Gasteiger partial charge in [0.05, 0.1) is 0 Å². The summed E-state index contributed by atoms with van der Waals surface area (Å²) >= 11 is 5.87. The van der Waals surface area contributed by atoms with Crippen LogP contribution in [0.3, 0.4) is 0 Å². The molecule has 0 saturated carbocycles. The molecule has 0 aliphatic heterocycles. The van der Waals surface area contributed by atoms with Crippen molar-refractivity contribution in [3.05, 3.63) is 34.9 Å². The van der Waals surface area contributed by atoms with E-state index in [9.17, 15) is 4.79 Å². The summed E-state index contributed by atoms with van der Waals surface area (Å²) in [5.41, 5.74) is 1.02. The van der Waals surface area contributed by atoms with Crippen molar-refractivity contribution in [2.45, 2.75) is 39.8 Å². The van der Waals surface area contributed by atoms with E-state index >= 15 is 0 Å². The summed E-state index contributed by atoms with van der Waals surface area (Å²) in [5.74, 6) is 0.379. The lowest BCUT2D eigenvalue weighted by Gasteiger charge is -2.26. The first kappa shape index (κ1) is 17.8. The number of rotatable bonds is 7. The Hall–Kier alpha value is -1.26. The van der Waals surface area contributed by atoms with E-state index in [1.165, 1.54) is 0 Å². The molecule has 1 atom stereocenters. The van der Waals surface area contributed by atoms with Crippen molar-refractivity contribution < 1.29 is 9.90 Å². The highest BCUT2D eigenvalue weighted by atomic mass is 35.5. The number of aliphatic hydroxyl groups excluding tert-OH is 1. The molecule has 0 saturated heterocycles. The summed E-state index contributed by atoms with van der Waals surface area (Å²) in [6, 6.07) is 7.46. The molecule has 0 fully saturated rings. The van der Waals surface area contributed by atoms with Crippen LogP contribution in [0.2, 0.25) is 5.02 Å². The molecule has 1 aromatic carbocycles. The molecule has 1 aromatic rings. The Balaban J connectivity index is 2.70. The first-order chi connectivity index (χ1) is 9.93. The van der Waals surface area contributed by atoms with Gasteiger partial charge in [-0.15, -0.1) is 0 Å².